The van der Waals surface area contributed by atoms with E-state index >= 15 is 0 Å². The Labute approximate surface area is 113 Å². The maximum atomic E-state index is 13.8. The normalized spacial score (nSPS) is 10.4. The summed E-state index contributed by atoms with van der Waals surface area (Å²) in [5.74, 6) is -0.407. The Morgan fingerprint density at radius 1 is 1.20 bits per heavy atom. The SMILES string of the molecule is N#Cc1oc2ccccc2c1Oc1ccc(N)cc1F. The van der Waals surface area contributed by atoms with E-state index in [1.165, 1.54) is 12.1 Å². The summed E-state index contributed by atoms with van der Waals surface area (Å²) in [6.07, 6.45) is 0. The molecule has 0 fully saturated rings. The smallest absolute Gasteiger partial charge is 0.247 e. The van der Waals surface area contributed by atoms with Gasteiger partial charge < -0.3 is 14.9 Å². The largest absolute Gasteiger partial charge is 0.449 e. The Morgan fingerprint density at radius 3 is 2.75 bits per heavy atom. The maximum Gasteiger partial charge on any atom is 0.247 e. The lowest BCUT2D eigenvalue weighted by atomic mass is 10.2. The average Bonchev–Trinajstić information content (AvgIpc) is 2.80. The lowest BCUT2D eigenvalue weighted by molar-refractivity contribution is 0.434. The fourth-order valence-electron chi connectivity index (χ4n) is 1.91. The average molecular weight is 268 g/mol. The first-order valence-electron chi connectivity index (χ1n) is 5.83. The quantitative estimate of drug-likeness (QED) is 0.717. The van der Waals surface area contributed by atoms with Gasteiger partial charge in [-0.05, 0) is 24.3 Å². The number of nitrogen functional groups attached to an aromatic ring is 1. The molecule has 0 atom stereocenters. The van der Waals surface area contributed by atoms with Gasteiger partial charge in [-0.3, -0.25) is 0 Å². The molecule has 2 aromatic carbocycles. The van der Waals surface area contributed by atoms with Crippen molar-refractivity contribution < 1.29 is 13.5 Å². The van der Waals surface area contributed by atoms with Gasteiger partial charge in [0.05, 0.1) is 5.39 Å². The first-order chi connectivity index (χ1) is 9.69. The number of nitrogens with two attached hydrogens (primary N) is 1. The number of nitriles is 1. The number of anilines is 1. The van der Waals surface area contributed by atoms with Crippen molar-refractivity contribution in [3.8, 4) is 17.6 Å². The molecular formula is C15H9FN2O2. The lowest BCUT2D eigenvalue weighted by Crippen LogP contribution is -1.92. The molecule has 4 nitrogen and oxygen atoms in total. The van der Waals surface area contributed by atoms with Gasteiger partial charge in [0.15, 0.2) is 17.3 Å². The van der Waals surface area contributed by atoms with Crippen LogP contribution in [-0.2, 0) is 0 Å². The highest BCUT2D eigenvalue weighted by Gasteiger charge is 2.17. The van der Waals surface area contributed by atoms with Crippen LogP contribution in [0.3, 0.4) is 0 Å². The molecule has 0 aliphatic rings. The molecule has 1 aromatic heterocycles. The number of fused-ring (bicyclic) bond motifs is 1. The zero-order chi connectivity index (χ0) is 14.1. The van der Waals surface area contributed by atoms with Crippen molar-refractivity contribution in [3.05, 3.63) is 54.0 Å². The summed E-state index contributed by atoms with van der Waals surface area (Å²) in [5.41, 5.74) is 6.29. The predicted octanol–water partition coefficient (Wildman–Crippen LogP) is 3.82. The molecule has 0 unspecified atom stereocenters. The fourth-order valence-corrected chi connectivity index (χ4v) is 1.91. The van der Waals surface area contributed by atoms with Crippen molar-refractivity contribution in [1.82, 2.24) is 0 Å². The minimum absolute atomic E-state index is 0.00225. The molecule has 0 aliphatic carbocycles. The highest BCUT2D eigenvalue weighted by atomic mass is 19.1. The number of hydrogen-bond acceptors (Lipinski definition) is 4. The van der Waals surface area contributed by atoms with E-state index in [4.69, 9.17) is 20.1 Å². The highest BCUT2D eigenvalue weighted by Crippen LogP contribution is 2.36. The van der Waals surface area contributed by atoms with Gasteiger partial charge in [-0.15, -0.1) is 0 Å². The zero-order valence-corrected chi connectivity index (χ0v) is 10.3. The van der Waals surface area contributed by atoms with E-state index in [1.807, 2.05) is 6.07 Å². The maximum absolute atomic E-state index is 13.8. The fraction of sp³-hybridized carbons (Fsp3) is 0. The van der Waals surface area contributed by atoms with Crippen LogP contribution in [-0.4, -0.2) is 0 Å². The van der Waals surface area contributed by atoms with Crippen LogP contribution in [0.15, 0.2) is 46.9 Å². The molecule has 3 rings (SSSR count). The first kappa shape index (κ1) is 12.1. The molecule has 5 heteroatoms. The summed E-state index contributed by atoms with van der Waals surface area (Å²) in [6.45, 7) is 0. The summed E-state index contributed by atoms with van der Waals surface area (Å²) in [4.78, 5) is 0. The third-order valence-corrected chi connectivity index (χ3v) is 2.82. The standard InChI is InChI=1S/C15H9FN2O2/c16-11-7-9(18)5-6-13(11)20-15-10-3-1-2-4-12(10)19-14(15)8-17/h1-7H,18H2. The number of furan rings is 1. The Bertz CT molecular complexity index is 833. The van der Waals surface area contributed by atoms with Gasteiger partial charge in [0.25, 0.3) is 0 Å². The van der Waals surface area contributed by atoms with Gasteiger partial charge in [-0.1, -0.05) is 12.1 Å². The second-order valence-electron chi connectivity index (χ2n) is 4.16. The number of hydrogen-bond donors (Lipinski definition) is 1. The molecule has 0 saturated carbocycles. The van der Waals surface area contributed by atoms with Gasteiger partial charge in [-0.25, -0.2) is 4.39 Å². The molecule has 0 saturated heterocycles. The van der Waals surface area contributed by atoms with Crippen LogP contribution in [0.5, 0.6) is 11.5 Å². The third kappa shape index (κ3) is 1.93. The van der Waals surface area contributed by atoms with E-state index in [1.54, 1.807) is 24.3 Å². The minimum atomic E-state index is -0.598. The molecule has 2 N–H and O–H groups in total. The number of halogens is 1. The first-order valence-corrected chi connectivity index (χ1v) is 5.83. The van der Waals surface area contributed by atoms with Gasteiger partial charge in [0, 0.05) is 11.8 Å². The topological polar surface area (TPSA) is 72.2 Å². The second kappa shape index (κ2) is 4.59. The highest BCUT2D eigenvalue weighted by molar-refractivity contribution is 5.86. The van der Waals surface area contributed by atoms with Gasteiger partial charge in [0.1, 0.15) is 11.7 Å². The van der Waals surface area contributed by atoms with E-state index in [9.17, 15) is 4.39 Å². The molecule has 0 spiro atoms. The molecule has 0 radical (unpaired) electrons. The Kier molecular flexibility index (Phi) is 2.77. The van der Waals surface area contributed by atoms with E-state index in [0.717, 1.165) is 6.07 Å². The summed E-state index contributed by atoms with van der Waals surface area (Å²) < 4.78 is 24.6. The minimum Gasteiger partial charge on any atom is -0.449 e. The van der Waals surface area contributed by atoms with E-state index in [2.05, 4.69) is 0 Å². The van der Waals surface area contributed by atoms with Crippen molar-refractivity contribution in [3.63, 3.8) is 0 Å². The van der Waals surface area contributed by atoms with Crippen molar-refractivity contribution in [1.29, 1.82) is 5.26 Å². The molecule has 0 amide bonds. The molecule has 3 aromatic rings. The number of para-hydroxylation sites is 1. The van der Waals surface area contributed by atoms with E-state index in [0.29, 0.717) is 16.7 Å². The molecule has 1 heterocycles. The van der Waals surface area contributed by atoms with Crippen LogP contribution in [0.2, 0.25) is 0 Å². The summed E-state index contributed by atoms with van der Waals surface area (Å²) in [5, 5.41) is 9.68. The third-order valence-electron chi connectivity index (χ3n) is 2.82. The number of ether oxygens (including phenoxy) is 1. The van der Waals surface area contributed by atoms with Crippen LogP contribution in [0, 0.1) is 17.1 Å². The summed E-state index contributed by atoms with van der Waals surface area (Å²) in [7, 11) is 0. The van der Waals surface area contributed by atoms with E-state index < -0.39 is 5.82 Å². The monoisotopic (exact) mass is 268 g/mol. The van der Waals surface area contributed by atoms with Crippen LogP contribution in [0.25, 0.3) is 11.0 Å². The molecule has 0 aliphatic heterocycles. The van der Waals surface area contributed by atoms with Gasteiger partial charge in [0.2, 0.25) is 5.76 Å². The van der Waals surface area contributed by atoms with E-state index in [-0.39, 0.29) is 17.3 Å². The summed E-state index contributed by atoms with van der Waals surface area (Å²) >= 11 is 0. The zero-order valence-electron chi connectivity index (χ0n) is 10.3. The van der Waals surface area contributed by atoms with Crippen LogP contribution < -0.4 is 10.5 Å². The Morgan fingerprint density at radius 2 is 2.00 bits per heavy atom. The molecule has 20 heavy (non-hydrogen) atoms. The Balaban J connectivity index is 2.12. The predicted molar refractivity (Wildman–Crippen MR) is 71.8 cm³/mol. The van der Waals surface area contributed by atoms with Crippen molar-refractivity contribution >= 4 is 16.7 Å². The number of nitrogens with zero attached hydrogens (tertiary/aromatic N) is 1. The van der Waals surface area contributed by atoms with Crippen molar-refractivity contribution in [2.45, 2.75) is 0 Å². The van der Waals surface area contributed by atoms with Gasteiger partial charge in [-0.2, -0.15) is 5.26 Å². The molecule has 98 valence electrons. The number of benzene rings is 2. The number of rotatable bonds is 2. The van der Waals surface area contributed by atoms with Gasteiger partial charge >= 0.3 is 0 Å². The Hall–Kier alpha value is -3.00. The van der Waals surface area contributed by atoms with Crippen LogP contribution in [0.4, 0.5) is 10.1 Å². The second-order valence-corrected chi connectivity index (χ2v) is 4.16. The molecule has 0 bridgehead atoms. The molecular weight excluding hydrogens is 259 g/mol. The summed E-state index contributed by atoms with van der Waals surface area (Å²) in [6, 6.07) is 13.0. The lowest BCUT2D eigenvalue weighted by Gasteiger charge is -2.05. The van der Waals surface area contributed by atoms with Crippen LogP contribution >= 0.6 is 0 Å². The van der Waals surface area contributed by atoms with Crippen molar-refractivity contribution in [2.24, 2.45) is 0 Å². The van der Waals surface area contributed by atoms with Crippen molar-refractivity contribution in [2.75, 3.05) is 5.73 Å². The van der Waals surface area contributed by atoms with Crippen LogP contribution in [0.1, 0.15) is 5.76 Å².